The molecule has 0 aromatic heterocycles. The van der Waals surface area contributed by atoms with Crippen molar-refractivity contribution in [3.63, 3.8) is 0 Å². The number of nitrogens with zero attached hydrogens (tertiary/aromatic N) is 2. The van der Waals surface area contributed by atoms with Gasteiger partial charge in [-0.25, -0.2) is 0 Å². The van der Waals surface area contributed by atoms with Gasteiger partial charge in [0.15, 0.2) is 0 Å². The first-order chi connectivity index (χ1) is 15.5. The van der Waals surface area contributed by atoms with Gasteiger partial charge in [-0.15, -0.1) is 0 Å². The molecule has 0 bridgehead atoms. The van der Waals surface area contributed by atoms with Crippen LogP contribution in [0, 0.1) is 0 Å². The summed E-state index contributed by atoms with van der Waals surface area (Å²) in [6, 6.07) is 13.5. The third-order valence-corrected chi connectivity index (χ3v) is 7.45. The summed E-state index contributed by atoms with van der Waals surface area (Å²) in [6.07, 6.45) is 2.28. The Labute approximate surface area is 215 Å². The van der Waals surface area contributed by atoms with Crippen molar-refractivity contribution >= 4 is 32.5 Å². The van der Waals surface area contributed by atoms with E-state index in [-0.39, 0.29) is 20.9 Å². The lowest BCUT2D eigenvalue weighted by molar-refractivity contribution is 0.824. The molecule has 2 aromatic carbocycles. The van der Waals surface area contributed by atoms with Crippen molar-refractivity contribution in [2.45, 2.75) is 98.7 Å². The summed E-state index contributed by atoms with van der Waals surface area (Å²) in [6.45, 7) is 22.6. The van der Waals surface area contributed by atoms with E-state index < -0.39 is 0 Å². The molecule has 0 aliphatic heterocycles. The number of hydrogen-bond acceptors (Lipinski definition) is 2. The summed E-state index contributed by atoms with van der Waals surface area (Å²) in [4.78, 5) is 5.19. The highest BCUT2D eigenvalue weighted by atomic mass is 27.1. The molecule has 0 heterocycles. The normalized spacial score (nSPS) is 12.6. The second kappa shape index (κ2) is 13.3. The van der Waals surface area contributed by atoms with Gasteiger partial charge >= 0.3 is 15.4 Å². The smallest absolute Gasteiger partial charge is 0.373 e. The molecule has 2 N–H and O–H groups in total. The predicted octanol–water partition coefficient (Wildman–Crippen LogP) is 8.53. The van der Waals surface area contributed by atoms with E-state index in [1.165, 1.54) is 33.6 Å². The lowest BCUT2D eigenvalue weighted by Gasteiger charge is -2.32. The highest BCUT2D eigenvalue weighted by Gasteiger charge is 2.20. The van der Waals surface area contributed by atoms with Crippen molar-refractivity contribution in [3.8, 4) is 0 Å². The minimum absolute atomic E-state index is 0. The zero-order valence-corrected chi connectivity index (χ0v) is 24.5. The van der Waals surface area contributed by atoms with Gasteiger partial charge in [-0.2, -0.15) is 0 Å². The van der Waals surface area contributed by atoms with Gasteiger partial charge in [0.05, 0.1) is 5.69 Å². The maximum absolute atomic E-state index is 5.19. The molecule has 0 amide bonds. The van der Waals surface area contributed by atoms with Gasteiger partial charge in [-0.1, -0.05) is 97.6 Å². The summed E-state index contributed by atoms with van der Waals surface area (Å²) in [7, 11) is 0. The largest absolute Gasteiger partial charge is 0.445 e. The number of anilines is 1. The van der Waals surface area contributed by atoms with Gasteiger partial charge in [0.1, 0.15) is 0 Å². The summed E-state index contributed by atoms with van der Waals surface area (Å²) in [5, 5.41) is 0. The first-order valence-electron chi connectivity index (χ1n) is 12.6. The number of rotatable bonds is 9. The molecule has 34 heavy (non-hydrogen) atoms. The van der Waals surface area contributed by atoms with E-state index in [1.54, 1.807) is 0 Å². The average molecular weight is 478 g/mol. The Morgan fingerprint density at radius 1 is 0.735 bits per heavy atom. The molecular weight excluding hydrogens is 431 g/mol. The van der Waals surface area contributed by atoms with Gasteiger partial charge in [-0.05, 0) is 71.5 Å². The number of aliphatic imine (C=N–C) groups is 1. The molecule has 2 rings (SSSR count). The summed E-state index contributed by atoms with van der Waals surface area (Å²) < 4.78 is 2.56. The van der Waals surface area contributed by atoms with Gasteiger partial charge in [0.2, 0.25) is 0 Å². The Morgan fingerprint density at radius 3 is 1.47 bits per heavy atom. The van der Waals surface area contributed by atoms with Crippen LogP contribution in [0.3, 0.4) is 0 Å². The zero-order valence-electron chi connectivity index (χ0n) is 23.3. The summed E-state index contributed by atoms with van der Waals surface area (Å²) in [5.41, 5.74) is 10.4. The van der Waals surface area contributed by atoms with Crippen LogP contribution in [0.25, 0.3) is 0 Å². The Hall–Kier alpha value is -1.86. The summed E-state index contributed by atoms with van der Waals surface area (Å²) >= 11 is 0.0902. The fourth-order valence-electron chi connectivity index (χ4n) is 4.52. The molecule has 3 nitrogen and oxygen atoms in total. The van der Waals surface area contributed by atoms with Crippen LogP contribution >= 0.6 is 0 Å². The SMILES string of the molecule is O.[CH3][Al][N](/C(C)=C\C(C)=Nc1c(C(C)C)cccc1C(C)C)c1c(C(C)C)cccc1C(C)C. The van der Waals surface area contributed by atoms with Crippen LogP contribution < -0.4 is 3.88 Å². The fourth-order valence-corrected chi connectivity index (χ4v) is 5.56. The van der Waals surface area contributed by atoms with Gasteiger partial charge < -0.3 is 9.36 Å². The first kappa shape index (κ1) is 30.2. The number of benzene rings is 2. The molecule has 0 unspecified atom stereocenters. The molecule has 0 fully saturated rings. The monoisotopic (exact) mass is 477 g/mol. The van der Waals surface area contributed by atoms with Crippen LogP contribution in [-0.4, -0.2) is 26.6 Å². The second-order valence-electron chi connectivity index (χ2n) is 10.4. The topological polar surface area (TPSA) is 47.1 Å². The van der Waals surface area contributed by atoms with E-state index in [2.05, 4.69) is 121 Å². The van der Waals surface area contributed by atoms with E-state index in [0.29, 0.717) is 23.7 Å². The van der Waals surface area contributed by atoms with Crippen LogP contribution in [0.1, 0.15) is 115 Å². The van der Waals surface area contributed by atoms with Crippen molar-refractivity contribution in [2.24, 2.45) is 4.99 Å². The molecule has 0 saturated heterocycles. The predicted molar refractivity (Wildman–Crippen MR) is 153 cm³/mol. The van der Waals surface area contributed by atoms with E-state index in [0.717, 1.165) is 11.4 Å². The molecule has 0 atom stereocenters. The van der Waals surface area contributed by atoms with Crippen molar-refractivity contribution in [2.75, 3.05) is 3.88 Å². The molecule has 185 valence electrons. The van der Waals surface area contributed by atoms with Crippen LogP contribution in [0.4, 0.5) is 11.4 Å². The van der Waals surface area contributed by atoms with Crippen LogP contribution in [0.15, 0.2) is 53.2 Å². The molecule has 0 aliphatic carbocycles. The van der Waals surface area contributed by atoms with E-state index in [4.69, 9.17) is 4.99 Å². The van der Waals surface area contributed by atoms with Crippen LogP contribution in [0.2, 0.25) is 5.79 Å². The molecule has 0 saturated carbocycles. The maximum atomic E-state index is 5.19. The van der Waals surface area contributed by atoms with Gasteiger partial charge in [0, 0.05) is 11.4 Å². The van der Waals surface area contributed by atoms with Crippen molar-refractivity contribution < 1.29 is 5.48 Å². The Kier molecular flexibility index (Phi) is 11.8. The molecule has 0 aliphatic rings. The molecule has 2 aromatic rings. The Morgan fingerprint density at radius 2 is 1.12 bits per heavy atom. The van der Waals surface area contributed by atoms with Crippen molar-refractivity contribution in [1.29, 1.82) is 0 Å². The van der Waals surface area contributed by atoms with Gasteiger partial charge in [-0.3, -0.25) is 4.99 Å². The van der Waals surface area contributed by atoms with Gasteiger partial charge in [0.25, 0.3) is 0 Å². The quantitative estimate of drug-likeness (QED) is 0.264. The Balaban J connectivity index is 0.00000578. The first-order valence-corrected chi connectivity index (χ1v) is 14.2. The van der Waals surface area contributed by atoms with E-state index >= 15 is 0 Å². The number of hydrogen-bond donors (Lipinski definition) is 0. The highest BCUT2D eigenvalue weighted by molar-refractivity contribution is 6.41. The zero-order chi connectivity index (χ0) is 24.9. The molecular formula is C30H46AlN2O. The Bertz CT molecular complexity index is 950. The van der Waals surface area contributed by atoms with Crippen LogP contribution in [-0.2, 0) is 0 Å². The average Bonchev–Trinajstić information content (AvgIpc) is 2.73. The third kappa shape index (κ3) is 7.08. The molecule has 0 spiro atoms. The summed E-state index contributed by atoms with van der Waals surface area (Å²) in [5.74, 6) is 4.20. The highest BCUT2D eigenvalue weighted by Crippen LogP contribution is 2.37. The lowest BCUT2D eigenvalue weighted by atomic mass is 9.92. The molecule has 4 heteroatoms. The maximum Gasteiger partial charge on any atom is 0.373 e. The van der Waals surface area contributed by atoms with E-state index in [9.17, 15) is 0 Å². The lowest BCUT2D eigenvalue weighted by Crippen LogP contribution is -2.27. The number of para-hydroxylation sites is 2. The number of allylic oxidation sites excluding steroid dienone is 2. The second-order valence-corrected chi connectivity index (χ2v) is 11.4. The fraction of sp³-hybridized carbons (Fsp3) is 0.500. The van der Waals surface area contributed by atoms with E-state index in [1.807, 2.05) is 0 Å². The van der Waals surface area contributed by atoms with Crippen molar-refractivity contribution in [1.82, 2.24) is 0 Å². The minimum Gasteiger partial charge on any atom is -0.445 e. The van der Waals surface area contributed by atoms with Crippen molar-refractivity contribution in [3.05, 3.63) is 70.4 Å². The minimum atomic E-state index is 0. The standard InChI is InChI=1S/C29H41N2.CH3.Al.H2O/c1-18(2)24-13-11-14-25(19(3)4)28(24)30-22(9)17-23(10)31-29-26(20(5)6)15-12-16-27(29)21(7)8;;;/h11-21H,1-10H3;1H3;;1H2/q-1;;+1;/b22-17-,31-23?;;;. The van der Waals surface area contributed by atoms with Crippen LogP contribution in [0.5, 0.6) is 0 Å². The third-order valence-electron chi connectivity index (χ3n) is 6.27. The molecule has 1 radical (unpaired) electrons.